The lowest BCUT2D eigenvalue weighted by Gasteiger charge is -1.86. The number of carbonyl (C=O) groups is 2. The first-order chi connectivity index (χ1) is 7.56. The van der Waals surface area contributed by atoms with E-state index in [0.717, 1.165) is 12.1 Å². The number of H-pyrrole nitrogens is 1. The number of hydrogen-bond acceptors (Lipinski definition) is 4. The van der Waals surface area contributed by atoms with Crippen molar-refractivity contribution in [1.82, 2.24) is 9.97 Å². The average Bonchev–Trinajstić information content (AvgIpc) is 2.69. The molecule has 0 bridgehead atoms. The summed E-state index contributed by atoms with van der Waals surface area (Å²) in [6.45, 7) is 0.683. The Labute approximate surface area is 116 Å². The number of imidazole rings is 1. The van der Waals surface area contributed by atoms with Crippen LogP contribution in [-0.4, -0.2) is 38.7 Å². The lowest BCUT2D eigenvalue weighted by molar-refractivity contribution is -0.134. The highest BCUT2D eigenvalue weighted by molar-refractivity contribution is 5.89. The van der Waals surface area contributed by atoms with Gasteiger partial charge in [-0.1, -0.05) is 0 Å². The van der Waals surface area contributed by atoms with Crippen molar-refractivity contribution >= 4 is 36.8 Å². The molecule has 9 heteroatoms. The van der Waals surface area contributed by atoms with Gasteiger partial charge in [0.2, 0.25) is 0 Å². The number of nitrogens with two attached hydrogens (primary N) is 1. The van der Waals surface area contributed by atoms with E-state index >= 15 is 0 Å². The van der Waals surface area contributed by atoms with Crippen molar-refractivity contribution in [2.45, 2.75) is 6.42 Å². The molecule has 7 nitrogen and oxygen atoms in total. The van der Waals surface area contributed by atoms with E-state index < -0.39 is 11.9 Å². The molecule has 18 heavy (non-hydrogen) atoms. The van der Waals surface area contributed by atoms with Crippen LogP contribution in [0.5, 0.6) is 0 Å². The lowest BCUT2D eigenvalue weighted by atomic mass is 10.3. The highest BCUT2D eigenvalue weighted by Gasteiger charge is 1.88. The van der Waals surface area contributed by atoms with Gasteiger partial charge in [-0.3, -0.25) is 0 Å². The third-order valence-electron chi connectivity index (χ3n) is 1.34. The van der Waals surface area contributed by atoms with Crippen LogP contribution in [0.4, 0.5) is 0 Å². The first kappa shape index (κ1) is 21.7. The Hall–Kier alpha value is -1.57. The first-order valence-electron chi connectivity index (χ1n) is 4.37. The van der Waals surface area contributed by atoms with Gasteiger partial charge in [-0.25, -0.2) is 14.6 Å². The van der Waals surface area contributed by atoms with Gasteiger partial charge in [0.05, 0.1) is 6.33 Å². The van der Waals surface area contributed by atoms with E-state index in [4.69, 9.17) is 15.9 Å². The van der Waals surface area contributed by atoms with E-state index in [2.05, 4.69) is 9.97 Å². The molecule has 104 valence electrons. The molecule has 0 aliphatic rings. The van der Waals surface area contributed by atoms with E-state index in [1.165, 1.54) is 0 Å². The van der Waals surface area contributed by atoms with E-state index in [0.29, 0.717) is 18.7 Å². The molecule has 1 heterocycles. The second-order valence-electron chi connectivity index (χ2n) is 2.63. The van der Waals surface area contributed by atoms with Gasteiger partial charge in [0.1, 0.15) is 0 Å². The number of nitrogens with one attached hydrogen (secondary N) is 1. The fourth-order valence-electron chi connectivity index (χ4n) is 0.719. The molecule has 0 saturated carbocycles. The molecule has 0 radical (unpaired) electrons. The van der Waals surface area contributed by atoms with Gasteiger partial charge in [-0.15, -0.1) is 24.8 Å². The summed E-state index contributed by atoms with van der Waals surface area (Å²) in [5.74, 6) is -2.51. The molecular weight excluding hydrogens is 285 g/mol. The SMILES string of the molecule is Cl.Cl.NCCc1cnc[nH]1.O=C(O)/C=C/C(=O)O. The summed E-state index contributed by atoms with van der Waals surface area (Å²) in [6, 6.07) is 0. The van der Waals surface area contributed by atoms with Crippen LogP contribution in [0.1, 0.15) is 5.69 Å². The Morgan fingerprint density at radius 3 is 2.06 bits per heavy atom. The molecule has 0 aromatic carbocycles. The molecule has 0 aliphatic heterocycles. The molecular formula is C9H15Cl2N3O4. The third-order valence-corrected chi connectivity index (χ3v) is 1.34. The highest BCUT2D eigenvalue weighted by atomic mass is 35.5. The second-order valence-corrected chi connectivity index (χ2v) is 2.63. The van der Waals surface area contributed by atoms with E-state index in [1.54, 1.807) is 12.5 Å². The quantitative estimate of drug-likeness (QED) is 0.598. The predicted molar refractivity (Wildman–Crippen MR) is 70.3 cm³/mol. The van der Waals surface area contributed by atoms with E-state index in [1.807, 2.05) is 0 Å². The molecule has 0 spiro atoms. The van der Waals surface area contributed by atoms with Crippen molar-refractivity contribution in [3.05, 3.63) is 30.4 Å². The molecule has 1 aromatic heterocycles. The minimum Gasteiger partial charge on any atom is -0.478 e. The molecule has 0 unspecified atom stereocenters. The zero-order valence-electron chi connectivity index (χ0n) is 9.28. The van der Waals surface area contributed by atoms with Crippen LogP contribution in [0.25, 0.3) is 0 Å². The summed E-state index contributed by atoms with van der Waals surface area (Å²) in [7, 11) is 0. The predicted octanol–water partition coefficient (Wildman–Crippen LogP) is 0.466. The van der Waals surface area contributed by atoms with Crippen LogP contribution >= 0.6 is 24.8 Å². The number of aromatic nitrogens is 2. The van der Waals surface area contributed by atoms with Crippen molar-refractivity contribution < 1.29 is 19.8 Å². The smallest absolute Gasteiger partial charge is 0.328 e. The third kappa shape index (κ3) is 14.4. The van der Waals surface area contributed by atoms with Gasteiger partial charge < -0.3 is 20.9 Å². The maximum Gasteiger partial charge on any atom is 0.328 e. The standard InChI is InChI=1S/C5H9N3.C4H4O4.2ClH/c6-2-1-5-3-7-4-8-5;5-3(6)1-2-4(7)8;;/h3-4H,1-2,6H2,(H,7,8);1-2H,(H,5,6)(H,7,8);2*1H/b;2-1+;;. The van der Waals surface area contributed by atoms with Crippen LogP contribution in [-0.2, 0) is 16.0 Å². The molecule has 0 amide bonds. The number of carboxylic acid groups (broad SMARTS) is 2. The second kappa shape index (κ2) is 13.5. The number of nitrogens with zero attached hydrogens (tertiary/aromatic N) is 1. The minimum absolute atomic E-state index is 0. The van der Waals surface area contributed by atoms with Crippen LogP contribution in [0.3, 0.4) is 0 Å². The van der Waals surface area contributed by atoms with Gasteiger partial charge in [0, 0.05) is 30.5 Å². The van der Waals surface area contributed by atoms with Gasteiger partial charge in [-0.05, 0) is 6.54 Å². The number of halogens is 2. The van der Waals surface area contributed by atoms with Crippen molar-refractivity contribution in [3.8, 4) is 0 Å². The van der Waals surface area contributed by atoms with Crippen molar-refractivity contribution in [3.63, 3.8) is 0 Å². The summed E-state index contributed by atoms with van der Waals surface area (Å²) in [4.78, 5) is 25.9. The van der Waals surface area contributed by atoms with Gasteiger partial charge in [0.15, 0.2) is 0 Å². The normalized spacial score (nSPS) is 8.50. The summed E-state index contributed by atoms with van der Waals surface area (Å²) in [5, 5.41) is 15.6. The summed E-state index contributed by atoms with van der Waals surface area (Å²) >= 11 is 0. The molecule has 1 rings (SSSR count). The number of carboxylic acids is 2. The van der Waals surface area contributed by atoms with Gasteiger partial charge in [0.25, 0.3) is 0 Å². The molecule has 1 aromatic rings. The molecule has 5 N–H and O–H groups in total. The van der Waals surface area contributed by atoms with Gasteiger partial charge >= 0.3 is 11.9 Å². The molecule has 0 fully saturated rings. The number of hydrogen-bond donors (Lipinski definition) is 4. The summed E-state index contributed by atoms with van der Waals surface area (Å²) in [6.07, 6.45) is 5.45. The Morgan fingerprint density at radius 2 is 1.78 bits per heavy atom. The van der Waals surface area contributed by atoms with Crippen molar-refractivity contribution in [2.24, 2.45) is 5.73 Å². The largest absolute Gasteiger partial charge is 0.478 e. The zero-order valence-corrected chi connectivity index (χ0v) is 10.9. The van der Waals surface area contributed by atoms with Crippen molar-refractivity contribution in [2.75, 3.05) is 6.54 Å². The average molecular weight is 300 g/mol. The molecule has 0 atom stereocenters. The Kier molecular flexibility index (Phi) is 16.3. The number of aromatic amines is 1. The van der Waals surface area contributed by atoms with E-state index in [9.17, 15) is 9.59 Å². The minimum atomic E-state index is -1.26. The Morgan fingerprint density at radius 1 is 1.28 bits per heavy atom. The maximum atomic E-state index is 9.55. The van der Waals surface area contributed by atoms with Crippen LogP contribution < -0.4 is 5.73 Å². The maximum absolute atomic E-state index is 9.55. The molecule has 0 aliphatic carbocycles. The monoisotopic (exact) mass is 299 g/mol. The van der Waals surface area contributed by atoms with Crippen molar-refractivity contribution in [1.29, 1.82) is 0 Å². The van der Waals surface area contributed by atoms with Crippen LogP contribution in [0, 0.1) is 0 Å². The fraction of sp³-hybridized carbons (Fsp3) is 0.222. The fourth-order valence-corrected chi connectivity index (χ4v) is 0.719. The van der Waals surface area contributed by atoms with Crippen LogP contribution in [0.2, 0.25) is 0 Å². The van der Waals surface area contributed by atoms with Gasteiger partial charge in [-0.2, -0.15) is 0 Å². The first-order valence-corrected chi connectivity index (χ1v) is 4.37. The highest BCUT2D eigenvalue weighted by Crippen LogP contribution is 1.88. The lowest BCUT2D eigenvalue weighted by Crippen LogP contribution is -2.02. The van der Waals surface area contributed by atoms with E-state index in [-0.39, 0.29) is 24.8 Å². The number of rotatable bonds is 4. The molecule has 0 saturated heterocycles. The Bertz CT molecular complexity index is 339. The summed E-state index contributed by atoms with van der Waals surface area (Å²) in [5.41, 5.74) is 6.38. The zero-order chi connectivity index (χ0) is 12.4. The Balaban J connectivity index is -0.000000225. The summed E-state index contributed by atoms with van der Waals surface area (Å²) < 4.78 is 0. The topological polar surface area (TPSA) is 129 Å². The number of aliphatic carboxylic acids is 2. The van der Waals surface area contributed by atoms with Crippen LogP contribution in [0.15, 0.2) is 24.7 Å².